The monoisotopic (exact) mass is 369 g/mol. The Bertz CT molecular complexity index is 530. The SMILES string of the molecule is O=C(c1ccc(Cl)c(Br)c1)N1CCC2(CCCCC2)CC1. The molecule has 2 nitrogen and oxygen atoms in total. The summed E-state index contributed by atoms with van der Waals surface area (Å²) in [6.07, 6.45) is 9.21. The molecule has 1 saturated carbocycles. The highest BCUT2D eigenvalue weighted by Crippen LogP contribution is 2.44. The summed E-state index contributed by atoms with van der Waals surface area (Å²) in [6.45, 7) is 1.80. The molecule has 1 aromatic carbocycles. The van der Waals surface area contributed by atoms with E-state index in [2.05, 4.69) is 15.9 Å². The summed E-state index contributed by atoms with van der Waals surface area (Å²) < 4.78 is 0.788. The maximum atomic E-state index is 12.6. The molecule has 114 valence electrons. The lowest BCUT2D eigenvalue weighted by atomic mass is 9.68. The van der Waals surface area contributed by atoms with Gasteiger partial charge in [-0.3, -0.25) is 4.79 Å². The molecular formula is C17H21BrClNO. The van der Waals surface area contributed by atoms with Gasteiger partial charge in [0.15, 0.2) is 0 Å². The van der Waals surface area contributed by atoms with Gasteiger partial charge in [0.25, 0.3) is 5.91 Å². The summed E-state index contributed by atoms with van der Waals surface area (Å²) in [5, 5.41) is 0.645. The molecule has 2 aliphatic rings. The molecule has 2 fully saturated rings. The molecule has 1 aliphatic heterocycles. The predicted octanol–water partition coefficient (Wildman–Crippen LogP) is 5.29. The fraction of sp³-hybridized carbons (Fsp3) is 0.588. The van der Waals surface area contributed by atoms with Crippen LogP contribution in [0.2, 0.25) is 5.02 Å². The van der Waals surface area contributed by atoms with Crippen molar-refractivity contribution >= 4 is 33.4 Å². The molecule has 1 amide bonds. The Morgan fingerprint density at radius 3 is 2.38 bits per heavy atom. The van der Waals surface area contributed by atoms with Crippen LogP contribution in [0.4, 0.5) is 0 Å². The van der Waals surface area contributed by atoms with Crippen molar-refractivity contribution in [3.8, 4) is 0 Å². The first kappa shape index (κ1) is 15.4. The summed E-state index contributed by atoms with van der Waals surface area (Å²) in [5.74, 6) is 0.137. The molecule has 0 atom stereocenters. The Morgan fingerprint density at radius 1 is 1.10 bits per heavy atom. The third kappa shape index (κ3) is 3.29. The van der Waals surface area contributed by atoms with Gasteiger partial charge in [-0.05, 0) is 65.2 Å². The van der Waals surface area contributed by atoms with Gasteiger partial charge in [0.1, 0.15) is 0 Å². The third-order valence-electron chi connectivity index (χ3n) is 5.19. The van der Waals surface area contributed by atoms with Gasteiger partial charge in [0.2, 0.25) is 0 Å². The molecule has 21 heavy (non-hydrogen) atoms. The second kappa shape index (κ2) is 6.29. The normalized spacial score (nSPS) is 21.5. The van der Waals surface area contributed by atoms with E-state index in [1.807, 2.05) is 17.0 Å². The van der Waals surface area contributed by atoms with Crippen LogP contribution in [0.5, 0.6) is 0 Å². The molecule has 4 heteroatoms. The number of carbonyl (C=O) groups is 1. The summed E-state index contributed by atoms with van der Waals surface area (Å²) >= 11 is 9.39. The van der Waals surface area contributed by atoms with Crippen LogP contribution in [0.25, 0.3) is 0 Å². The van der Waals surface area contributed by atoms with Gasteiger partial charge in [-0.15, -0.1) is 0 Å². The molecule has 0 radical (unpaired) electrons. The Morgan fingerprint density at radius 2 is 1.76 bits per heavy atom. The van der Waals surface area contributed by atoms with Crippen LogP contribution in [0, 0.1) is 5.41 Å². The maximum absolute atomic E-state index is 12.6. The summed E-state index contributed by atoms with van der Waals surface area (Å²) in [5.41, 5.74) is 1.26. The van der Waals surface area contributed by atoms with Crippen molar-refractivity contribution in [3.05, 3.63) is 33.3 Å². The number of hydrogen-bond acceptors (Lipinski definition) is 1. The molecule has 0 bridgehead atoms. The number of nitrogens with zero attached hydrogens (tertiary/aromatic N) is 1. The third-order valence-corrected chi connectivity index (χ3v) is 6.41. The van der Waals surface area contributed by atoms with Crippen LogP contribution < -0.4 is 0 Å². The fourth-order valence-corrected chi connectivity index (χ4v) is 4.29. The number of likely N-dealkylation sites (tertiary alicyclic amines) is 1. The first-order valence-corrected chi connectivity index (χ1v) is 9.01. The molecule has 0 N–H and O–H groups in total. The summed E-state index contributed by atoms with van der Waals surface area (Å²) in [4.78, 5) is 14.6. The van der Waals surface area contributed by atoms with Gasteiger partial charge in [0, 0.05) is 23.1 Å². The minimum atomic E-state index is 0.137. The first-order chi connectivity index (χ1) is 10.1. The quantitative estimate of drug-likeness (QED) is 0.658. The van der Waals surface area contributed by atoms with Crippen LogP contribution in [-0.4, -0.2) is 23.9 Å². The Hall–Kier alpha value is -0.540. The van der Waals surface area contributed by atoms with E-state index in [9.17, 15) is 4.79 Å². The van der Waals surface area contributed by atoms with Crippen LogP contribution in [0.1, 0.15) is 55.3 Å². The number of rotatable bonds is 1. The van der Waals surface area contributed by atoms with Crippen molar-refractivity contribution in [3.63, 3.8) is 0 Å². The van der Waals surface area contributed by atoms with Crippen LogP contribution in [0.3, 0.4) is 0 Å². The van der Waals surface area contributed by atoms with Gasteiger partial charge >= 0.3 is 0 Å². The van der Waals surface area contributed by atoms with Crippen LogP contribution in [-0.2, 0) is 0 Å². The number of benzene rings is 1. The van der Waals surface area contributed by atoms with E-state index in [4.69, 9.17) is 11.6 Å². The smallest absolute Gasteiger partial charge is 0.253 e. The highest BCUT2D eigenvalue weighted by atomic mass is 79.9. The van der Waals surface area contributed by atoms with Crippen LogP contribution in [0.15, 0.2) is 22.7 Å². The molecule has 0 unspecified atom stereocenters. The minimum Gasteiger partial charge on any atom is -0.339 e. The average Bonchev–Trinajstić information content (AvgIpc) is 2.51. The van der Waals surface area contributed by atoms with E-state index in [-0.39, 0.29) is 5.91 Å². The second-order valence-electron chi connectivity index (χ2n) is 6.48. The molecule has 1 spiro atoms. The summed E-state index contributed by atoms with van der Waals surface area (Å²) in [7, 11) is 0. The van der Waals surface area contributed by atoms with E-state index < -0.39 is 0 Å². The number of hydrogen-bond donors (Lipinski definition) is 0. The van der Waals surface area contributed by atoms with Crippen molar-refractivity contribution in [2.24, 2.45) is 5.41 Å². The minimum absolute atomic E-state index is 0.137. The van der Waals surface area contributed by atoms with Crippen LogP contribution >= 0.6 is 27.5 Å². The van der Waals surface area contributed by atoms with E-state index in [0.29, 0.717) is 10.4 Å². The lowest BCUT2D eigenvalue weighted by Crippen LogP contribution is -2.43. The van der Waals surface area contributed by atoms with Crippen molar-refractivity contribution in [2.45, 2.75) is 44.9 Å². The highest BCUT2D eigenvalue weighted by molar-refractivity contribution is 9.10. The number of halogens is 2. The van der Waals surface area contributed by atoms with Gasteiger partial charge < -0.3 is 4.90 Å². The number of amides is 1. The number of piperidine rings is 1. The van der Waals surface area contributed by atoms with Gasteiger partial charge in [0.05, 0.1) is 5.02 Å². The number of carbonyl (C=O) groups excluding carboxylic acids is 1. The molecule has 3 rings (SSSR count). The average molecular weight is 371 g/mol. The van der Waals surface area contributed by atoms with E-state index in [1.165, 1.54) is 44.9 Å². The Balaban J connectivity index is 1.65. The molecular weight excluding hydrogens is 350 g/mol. The molecule has 0 aromatic heterocycles. The van der Waals surface area contributed by atoms with E-state index in [1.54, 1.807) is 6.07 Å². The molecule has 1 aromatic rings. The van der Waals surface area contributed by atoms with Crippen molar-refractivity contribution in [1.29, 1.82) is 0 Å². The lowest BCUT2D eigenvalue weighted by molar-refractivity contribution is 0.0472. The molecule has 1 aliphatic carbocycles. The largest absolute Gasteiger partial charge is 0.339 e. The van der Waals surface area contributed by atoms with E-state index in [0.717, 1.165) is 23.1 Å². The van der Waals surface area contributed by atoms with Crippen molar-refractivity contribution in [1.82, 2.24) is 4.90 Å². The van der Waals surface area contributed by atoms with Gasteiger partial charge in [-0.25, -0.2) is 0 Å². The Kier molecular flexibility index (Phi) is 4.60. The fourth-order valence-electron chi connectivity index (χ4n) is 3.80. The van der Waals surface area contributed by atoms with E-state index >= 15 is 0 Å². The standard InChI is InChI=1S/C17H21BrClNO/c18-14-12-13(4-5-15(14)19)16(21)20-10-8-17(9-11-20)6-2-1-3-7-17/h4-5,12H,1-3,6-11H2. The van der Waals surface area contributed by atoms with Gasteiger partial charge in [-0.1, -0.05) is 30.9 Å². The Labute approximate surface area is 140 Å². The van der Waals surface area contributed by atoms with Crippen molar-refractivity contribution in [2.75, 3.05) is 13.1 Å². The highest BCUT2D eigenvalue weighted by Gasteiger charge is 2.36. The zero-order chi connectivity index (χ0) is 14.9. The zero-order valence-electron chi connectivity index (χ0n) is 12.2. The molecule has 1 saturated heterocycles. The lowest BCUT2D eigenvalue weighted by Gasteiger charge is -2.44. The topological polar surface area (TPSA) is 20.3 Å². The summed E-state index contributed by atoms with van der Waals surface area (Å²) in [6, 6.07) is 5.43. The second-order valence-corrected chi connectivity index (χ2v) is 7.74. The zero-order valence-corrected chi connectivity index (χ0v) is 14.5. The first-order valence-electron chi connectivity index (χ1n) is 7.84. The van der Waals surface area contributed by atoms with Gasteiger partial charge in [-0.2, -0.15) is 0 Å². The van der Waals surface area contributed by atoms with Crippen molar-refractivity contribution < 1.29 is 4.79 Å². The molecule has 1 heterocycles. The maximum Gasteiger partial charge on any atom is 0.253 e. The predicted molar refractivity (Wildman–Crippen MR) is 89.8 cm³/mol.